The zero-order chi connectivity index (χ0) is 14.4. The number of hydrogen-bond acceptors (Lipinski definition) is 3. The fraction of sp³-hybridized carbons (Fsp3) is 0.500. The molecule has 0 saturated carbocycles. The number of nitrogen functional groups attached to an aromatic ring is 1. The minimum atomic E-state index is -0.124. The fourth-order valence-electron chi connectivity index (χ4n) is 2.16. The molecule has 0 spiro atoms. The summed E-state index contributed by atoms with van der Waals surface area (Å²) < 4.78 is 0.818. The van der Waals surface area contributed by atoms with Gasteiger partial charge in [0.15, 0.2) is 0 Å². The summed E-state index contributed by atoms with van der Waals surface area (Å²) in [5.74, 6) is -0.124. The molecule has 1 amide bonds. The number of nitrogens with two attached hydrogens (primary N) is 1. The number of aliphatic hydroxyl groups excluding tert-OH is 1. The quantitative estimate of drug-likeness (QED) is 0.789. The van der Waals surface area contributed by atoms with Crippen molar-refractivity contribution in [3.63, 3.8) is 0 Å². The summed E-state index contributed by atoms with van der Waals surface area (Å²) in [7, 11) is 0. The molecule has 0 bridgehead atoms. The summed E-state index contributed by atoms with van der Waals surface area (Å²) in [6.45, 7) is 4.36. The van der Waals surface area contributed by atoms with Gasteiger partial charge in [-0.25, -0.2) is 0 Å². The maximum Gasteiger partial charge on any atom is 0.256 e. The second kappa shape index (κ2) is 7.50. The summed E-state index contributed by atoms with van der Waals surface area (Å²) in [5, 5.41) is 9.16. The molecule has 0 unspecified atom stereocenters. The number of aliphatic hydroxyl groups is 1. The molecule has 0 aliphatic heterocycles. The Hall–Kier alpha value is -1.07. The Balaban J connectivity index is 3.08. The first-order valence-corrected chi connectivity index (χ1v) is 7.31. The molecule has 0 heterocycles. The average Bonchev–Trinajstić information content (AvgIpc) is 2.41. The Bertz CT molecular complexity index is 433. The highest BCUT2D eigenvalue weighted by Gasteiger charge is 2.23. The Morgan fingerprint density at radius 1 is 1.42 bits per heavy atom. The van der Waals surface area contributed by atoms with Gasteiger partial charge in [-0.3, -0.25) is 4.79 Å². The van der Waals surface area contributed by atoms with Crippen molar-refractivity contribution in [2.24, 2.45) is 0 Å². The SMILES string of the molecule is CCC(CC)N(CCO)C(=O)c1cc(Br)ccc1N. The van der Waals surface area contributed by atoms with E-state index >= 15 is 0 Å². The first-order chi connectivity index (χ1) is 9.04. The molecule has 0 aliphatic carbocycles. The van der Waals surface area contributed by atoms with Crippen molar-refractivity contribution < 1.29 is 9.90 Å². The zero-order valence-electron chi connectivity index (χ0n) is 11.4. The van der Waals surface area contributed by atoms with Gasteiger partial charge < -0.3 is 15.7 Å². The number of carbonyl (C=O) groups is 1. The number of carbonyl (C=O) groups excluding carboxylic acids is 1. The second-order valence-electron chi connectivity index (χ2n) is 4.42. The lowest BCUT2D eigenvalue weighted by Crippen LogP contribution is -2.41. The van der Waals surface area contributed by atoms with E-state index in [2.05, 4.69) is 15.9 Å². The predicted octanol–water partition coefficient (Wildman–Crippen LogP) is 2.65. The summed E-state index contributed by atoms with van der Waals surface area (Å²) in [6, 6.07) is 5.36. The van der Waals surface area contributed by atoms with Crippen molar-refractivity contribution >= 4 is 27.5 Å². The maximum absolute atomic E-state index is 12.6. The van der Waals surface area contributed by atoms with Gasteiger partial charge in [0, 0.05) is 22.7 Å². The van der Waals surface area contributed by atoms with Crippen molar-refractivity contribution in [1.82, 2.24) is 4.90 Å². The highest BCUT2D eigenvalue weighted by molar-refractivity contribution is 9.10. The molecule has 19 heavy (non-hydrogen) atoms. The molecule has 3 N–H and O–H groups in total. The molecule has 1 rings (SSSR count). The molecule has 4 nitrogen and oxygen atoms in total. The Labute approximate surface area is 122 Å². The van der Waals surface area contributed by atoms with Crippen LogP contribution in [0.2, 0.25) is 0 Å². The van der Waals surface area contributed by atoms with Crippen molar-refractivity contribution in [3.8, 4) is 0 Å². The lowest BCUT2D eigenvalue weighted by atomic mass is 10.1. The van der Waals surface area contributed by atoms with Gasteiger partial charge >= 0.3 is 0 Å². The van der Waals surface area contributed by atoms with Crippen LogP contribution in [0.15, 0.2) is 22.7 Å². The first-order valence-electron chi connectivity index (χ1n) is 6.51. The Kier molecular flexibility index (Phi) is 6.31. The number of hydrogen-bond donors (Lipinski definition) is 2. The third-order valence-electron chi connectivity index (χ3n) is 3.23. The topological polar surface area (TPSA) is 66.6 Å². The van der Waals surface area contributed by atoms with E-state index in [1.165, 1.54) is 0 Å². The van der Waals surface area contributed by atoms with Crippen LogP contribution >= 0.6 is 15.9 Å². The fourth-order valence-corrected chi connectivity index (χ4v) is 2.52. The summed E-state index contributed by atoms with van der Waals surface area (Å²) in [5.41, 5.74) is 6.82. The molecule has 0 radical (unpaired) electrons. The Morgan fingerprint density at radius 3 is 2.58 bits per heavy atom. The molecule has 0 aliphatic rings. The van der Waals surface area contributed by atoms with Gasteiger partial charge in [-0.2, -0.15) is 0 Å². The van der Waals surface area contributed by atoms with Gasteiger partial charge in [-0.05, 0) is 31.0 Å². The van der Waals surface area contributed by atoms with Crippen LogP contribution in [0.3, 0.4) is 0 Å². The predicted molar refractivity (Wildman–Crippen MR) is 81.0 cm³/mol. The zero-order valence-corrected chi connectivity index (χ0v) is 13.0. The van der Waals surface area contributed by atoms with E-state index in [1.54, 1.807) is 23.1 Å². The molecule has 1 aromatic carbocycles. The third kappa shape index (κ3) is 3.94. The van der Waals surface area contributed by atoms with Gasteiger partial charge in [0.05, 0.1) is 12.2 Å². The largest absolute Gasteiger partial charge is 0.398 e. The van der Waals surface area contributed by atoms with Crippen molar-refractivity contribution in [1.29, 1.82) is 0 Å². The van der Waals surface area contributed by atoms with Crippen LogP contribution in [0.4, 0.5) is 5.69 Å². The van der Waals surface area contributed by atoms with Crippen LogP contribution in [-0.2, 0) is 0 Å². The summed E-state index contributed by atoms with van der Waals surface area (Å²) >= 11 is 3.35. The van der Waals surface area contributed by atoms with Crippen LogP contribution in [-0.4, -0.2) is 35.1 Å². The van der Waals surface area contributed by atoms with E-state index in [0.29, 0.717) is 17.8 Å². The first kappa shape index (κ1) is 16.0. The van der Waals surface area contributed by atoms with E-state index in [-0.39, 0.29) is 18.6 Å². The van der Waals surface area contributed by atoms with Crippen LogP contribution in [0.25, 0.3) is 0 Å². The van der Waals surface area contributed by atoms with Crippen LogP contribution in [0.5, 0.6) is 0 Å². The number of rotatable bonds is 6. The third-order valence-corrected chi connectivity index (χ3v) is 3.72. The molecular formula is C14H21BrN2O2. The molecule has 0 aromatic heterocycles. The maximum atomic E-state index is 12.6. The van der Waals surface area contributed by atoms with E-state index < -0.39 is 0 Å². The monoisotopic (exact) mass is 328 g/mol. The normalized spacial score (nSPS) is 10.8. The molecule has 106 valence electrons. The molecule has 0 atom stereocenters. The standard InChI is InChI=1S/C14H21BrN2O2/c1-3-11(4-2)17(7-8-18)14(19)12-9-10(15)5-6-13(12)16/h5-6,9,11,18H,3-4,7-8,16H2,1-2H3. The second-order valence-corrected chi connectivity index (χ2v) is 5.34. The van der Waals surface area contributed by atoms with E-state index in [0.717, 1.165) is 17.3 Å². The number of benzene rings is 1. The minimum absolute atomic E-state index is 0.0455. The van der Waals surface area contributed by atoms with Gasteiger partial charge in [-0.1, -0.05) is 29.8 Å². The summed E-state index contributed by atoms with van der Waals surface area (Å²) in [6.07, 6.45) is 1.71. The van der Waals surface area contributed by atoms with E-state index in [4.69, 9.17) is 10.8 Å². The van der Waals surface area contributed by atoms with Crippen molar-refractivity contribution in [2.75, 3.05) is 18.9 Å². The highest BCUT2D eigenvalue weighted by atomic mass is 79.9. The molecule has 1 aromatic rings. The molecule has 5 heteroatoms. The number of anilines is 1. The Morgan fingerprint density at radius 2 is 2.05 bits per heavy atom. The van der Waals surface area contributed by atoms with Crippen LogP contribution in [0.1, 0.15) is 37.0 Å². The van der Waals surface area contributed by atoms with E-state index in [9.17, 15) is 4.79 Å². The molecular weight excluding hydrogens is 308 g/mol. The summed E-state index contributed by atoms with van der Waals surface area (Å²) in [4.78, 5) is 14.3. The molecule has 0 fully saturated rings. The van der Waals surface area contributed by atoms with Crippen molar-refractivity contribution in [3.05, 3.63) is 28.2 Å². The number of halogens is 1. The van der Waals surface area contributed by atoms with Crippen LogP contribution < -0.4 is 5.73 Å². The smallest absolute Gasteiger partial charge is 0.256 e. The molecule has 0 saturated heterocycles. The van der Waals surface area contributed by atoms with Crippen molar-refractivity contribution in [2.45, 2.75) is 32.7 Å². The lowest BCUT2D eigenvalue weighted by molar-refractivity contribution is 0.0623. The highest BCUT2D eigenvalue weighted by Crippen LogP contribution is 2.22. The van der Waals surface area contributed by atoms with Gasteiger partial charge in [-0.15, -0.1) is 0 Å². The minimum Gasteiger partial charge on any atom is -0.398 e. The lowest BCUT2D eigenvalue weighted by Gasteiger charge is -2.30. The van der Waals surface area contributed by atoms with Crippen LogP contribution in [0, 0.1) is 0 Å². The number of amides is 1. The van der Waals surface area contributed by atoms with Gasteiger partial charge in [0.1, 0.15) is 0 Å². The average molecular weight is 329 g/mol. The number of nitrogens with zero attached hydrogens (tertiary/aromatic N) is 1. The van der Waals surface area contributed by atoms with E-state index in [1.807, 2.05) is 13.8 Å². The van der Waals surface area contributed by atoms with Gasteiger partial charge in [0.25, 0.3) is 5.91 Å². The van der Waals surface area contributed by atoms with Gasteiger partial charge in [0.2, 0.25) is 0 Å².